The molecule has 4 nitrogen and oxygen atoms in total. The molecule has 2 rings (SSSR count). The van der Waals surface area contributed by atoms with Crippen molar-refractivity contribution in [1.29, 1.82) is 0 Å². The first kappa shape index (κ1) is 12.5. The molecule has 1 amide bonds. The number of benzene rings is 1. The normalized spacial score (nSPS) is 19.3. The summed E-state index contributed by atoms with van der Waals surface area (Å²) in [5.41, 5.74) is 0.438. The van der Waals surface area contributed by atoms with E-state index in [4.69, 9.17) is 5.11 Å². The van der Waals surface area contributed by atoms with Gasteiger partial charge in [-0.25, -0.2) is 8.78 Å². The molecule has 1 aromatic rings. The summed E-state index contributed by atoms with van der Waals surface area (Å²) in [6.45, 7) is 0.201. The number of carbonyl (C=O) groups excluding carboxylic acids is 1. The number of carboxylic acids is 1. The third-order valence-corrected chi connectivity index (χ3v) is 2.92. The van der Waals surface area contributed by atoms with Crippen LogP contribution in [0, 0.1) is 17.6 Å². The van der Waals surface area contributed by atoms with E-state index in [2.05, 4.69) is 0 Å². The molecule has 1 aliphatic heterocycles. The largest absolute Gasteiger partial charge is 0.481 e. The van der Waals surface area contributed by atoms with Gasteiger partial charge in [0.25, 0.3) is 0 Å². The van der Waals surface area contributed by atoms with Gasteiger partial charge in [-0.2, -0.15) is 0 Å². The van der Waals surface area contributed by atoms with E-state index in [0.717, 1.165) is 12.1 Å². The molecule has 0 aromatic heterocycles. The molecule has 1 fully saturated rings. The molecule has 6 heteroatoms. The number of hydrogen-bond acceptors (Lipinski definition) is 2. The van der Waals surface area contributed by atoms with Crippen LogP contribution in [-0.4, -0.2) is 28.4 Å². The van der Waals surface area contributed by atoms with Crippen molar-refractivity contribution in [2.75, 3.05) is 6.54 Å². The van der Waals surface area contributed by atoms with Gasteiger partial charge in [-0.3, -0.25) is 9.59 Å². The van der Waals surface area contributed by atoms with Crippen LogP contribution in [0.25, 0.3) is 0 Å². The lowest BCUT2D eigenvalue weighted by molar-refractivity contribution is -0.141. The van der Waals surface area contributed by atoms with Crippen molar-refractivity contribution < 1.29 is 23.5 Å². The third-order valence-electron chi connectivity index (χ3n) is 2.92. The number of aliphatic carboxylic acids is 1. The number of rotatable bonds is 3. The van der Waals surface area contributed by atoms with Crippen LogP contribution in [0.2, 0.25) is 0 Å². The summed E-state index contributed by atoms with van der Waals surface area (Å²) >= 11 is 0. The Morgan fingerprint density at radius 3 is 2.67 bits per heavy atom. The van der Waals surface area contributed by atoms with Gasteiger partial charge >= 0.3 is 5.97 Å². The Bertz CT molecular complexity index is 504. The van der Waals surface area contributed by atoms with Crippen LogP contribution in [0.3, 0.4) is 0 Å². The number of hydrogen-bond donors (Lipinski definition) is 1. The molecular formula is C12H11F2NO3. The van der Waals surface area contributed by atoms with Crippen molar-refractivity contribution >= 4 is 11.9 Å². The zero-order valence-electron chi connectivity index (χ0n) is 9.40. The minimum atomic E-state index is -1.02. The first-order valence-corrected chi connectivity index (χ1v) is 5.42. The molecule has 96 valence electrons. The minimum Gasteiger partial charge on any atom is -0.481 e. The van der Waals surface area contributed by atoms with E-state index in [1.165, 1.54) is 11.0 Å². The Hall–Kier alpha value is -1.98. The molecule has 0 aliphatic carbocycles. The predicted molar refractivity (Wildman–Crippen MR) is 57.5 cm³/mol. The maximum atomic E-state index is 13.0. The highest BCUT2D eigenvalue weighted by Gasteiger charge is 2.34. The highest BCUT2D eigenvalue weighted by molar-refractivity contribution is 5.86. The molecule has 18 heavy (non-hydrogen) atoms. The third kappa shape index (κ3) is 2.47. The highest BCUT2D eigenvalue weighted by atomic mass is 19.2. The average molecular weight is 255 g/mol. The maximum Gasteiger partial charge on any atom is 0.308 e. The number of halogens is 2. The van der Waals surface area contributed by atoms with Crippen molar-refractivity contribution in [3.63, 3.8) is 0 Å². The number of carbonyl (C=O) groups is 2. The van der Waals surface area contributed by atoms with Crippen molar-refractivity contribution in [3.05, 3.63) is 35.4 Å². The van der Waals surface area contributed by atoms with E-state index in [-0.39, 0.29) is 25.4 Å². The molecule has 1 atom stereocenters. The number of carboxylic acid groups (broad SMARTS) is 1. The molecule has 1 N–H and O–H groups in total. The van der Waals surface area contributed by atoms with E-state index < -0.39 is 23.5 Å². The molecule has 0 unspecified atom stereocenters. The van der Waals surface area contributed by atoms with Gasteiger partial charge in [0.05, 0.1) is 5.92 Å². The van der Waals surface area contributed by atoms with Crippen LogP contribution in [-0.2, 0) is 16.1 Å². The summed E-state index contributed by atoms with van der Waals surface area (Å²) in [5, 5.41) is 8.81. The molecule has 1 aromatic carbocycles. The zero-order valence-corrected chi connectivity index (χ0v) is 9.40. The molecule has 0 spiro atoms. The topological polar surface area (TPSA) is 57.6 Å². The van der Waals surface area contributed by atoms with Crippen molar-refractivity contribution in [2.45, 2.75) is 13.0 Å². The fourth-order valence-electron chi connectivity index (χ4n) is 1.95. The monoisotopic (exact) mass is 255 g/mol. The Morgan fingerprint density at radius 1 is 1.39 bits per heavy atom. The van der Waals surface area contributed by atoms with E-state index in [0.29, 0.717) is 5.56 Å². The number of likely N-dealkylation sites (tertiary alicyclic amines) is 1. The molecule has 1 aliphatic rings. The summed E-state index contributed by atoms with van der Waals surface area (Å²) in [5.74, 6) is -3.95. The predicted octanol–water partition coefficient (Wildman–Crippen LogP) is 1.40. The SMILES string of the molecule is O=C(O)[C@@H]1CC(=O)N(Cc2ccc(F)c(F)c2)C1. The van der Waals surface area contributed by atoms with Gasteiger partial charge in [0.15, 0.2) is 11.6 Å². The van der Waals surface area contributed by atoms with Gasteiger partial charge in [0, 0.05) is 19.5 Å². The summed E-state index contributed by atoms with van der Waals surface area (Å²) in [6, 6.07) is 3.37. The van der Waals surface area contributed by atoms with Crippen LogP contribution in [0.4, 0.5) is 8.78 Å². The Labute approximate surface area is 102 Å². The molecule has 0 saturated carbocycles. The maximum absolute atomic E-state index is 13.0. The van der Waals surface area contributed by atoms with Gasteiger partial charge in [0.2, 0.25) is 5.91 Å². The molecular weight excluding hydrogens is 244 g/mol. The average Bonchev–Trinajstić information content (AvgIpc) is 2.66. The summed E-state index contributed by atoms with van der Waals surface area (Å²) in [6.07, 6.45) is -0.0426. The van der Waals surface area contributed by atoms with E-state index in [9.17, 15) is 18.4 Å². The number of amides is 1. The Kier molecular flexibility index (Phi) is 3.27. The molecule has 1 heterocycles. The molecule has 1 saturated heterocycles. The first-order chi connectivity index (χ1) is 8.47. The lowest BCUT2D eigenvalue weighted by Crippen LogP contribution is -2.25. The van der Waals surface area contributed by atoms with Crippen LogP contribution >= 0.6 is 0 Å². The molecule has 0 bridgehead atoms. The van der Waals surface area contributed by atoms with Crippen LogP contribution < -0.4 is 0 Å². The van der Waals surface area contributed by atoms with Gasteiger partial charge < -0.3 is 10.0 Å². The standard InChI is InChI=1S/C12H11F2NO3/c13-9-2-1-7(3-10(9)14)5-15-6-8(12(17)18)4-11(15)16/h1-3,8H,4-6H2,(H,17,18)/t8-/m1/s1. The summed E-state index contributed by atoms with van der Waals surface area (Å²) < 4.78 is 25.7. The van der Waals surface area contributed by atoms with Crippen LogP contribution in [0.5, 0.6) is 0 Å². The second-order valence-corrected chi connectivity index (χ2v) is 4.26. The minimum absolute atomic E-state index is 0.0426. The molecule has 0 radical (unpaired) electrons. The van der Waals surface area contributed by atoms with Gasteiger partial charge in [-0.1, -0.05) is 6.07 Å². The van der Waals surface area contributed by atoms with Gasteiger partial charge in [-0.05, 0) is 17.7 Å². The Morgan fingerprint density at radius 2 is 2.11 bits per heavy atom. The quantitative estimate of drug-likeness (QED) is 0.888. The zero-order chi connectivity index (χ0) is 13.3. The second kappa shape index (κ2) is 4.72. The fraction of sp³-hybridized carbons (Fsp3) is 0.333. The lowest BCUT2D eigenvalue weighted by Gasteiger charge is -2.16. The van der Waals surface area contributed by atoms with E-state index in [1.54, 1.807) is 0 Å². The van der Waals surface area contributed by atoms with Crippen LogP contribution in [0.15, 0.2) is 18.2 Å². The highest BCUT2D eigenvalue weighted by Crippen LogP contribution is 2.21. The van der Waals surface area contributed by atoms with Crippen LogP contribution in [0.1, 0.15) is 12.0 Å². The first-order valence-electron chi connectivity index (χ1n) is 5.42. The smallest absolute Gasteiger partial charge is 0.308 e. The summed E-state index contributed by atoms with van der Waals surface area (Å²) in [4.78, 5) is 23.6. The fourth-order valence-corrected chi connectivity index (χ4v) is 1.95. The number of nitrogens with zero attached hydrogens (tertiary/aromatic N) is 1. The van der Waals surface area contributed by atoms with E-state index in [1.807, 2.05) is 0 Å². The van der Waals surface area contributed by atoms with Crippen molar-refractivity contribution in [3.8, 4) is 0 Å². The van der Waals surface area contributed by atoms with Crippen molar-refractivity contribution in [2.24, 2.45) is 5.92 Å². The lowest BCUT2D eigenvalue weighted by atomic mass is 10.1. The van der Waals surface area contributed by atoms with Gasteiger partial charge in [-0.15, -0.1) is 0 Å². The van der Waals surface area contributed by atoms with E-state index >= 15 is 0 Å². The summed E-state index contributed by atoms with van der Waals surface area (Å²) in [7, 11) is 0. The Balaban J connectivity index is 2.08. The van der Waals surface area contributed by atoms with Crippen molar-refractivity contribution in [1.82, 2.24) is 4.90 Å². The van der Waals surface area contributed by atoms with Gasteiger partial charge in [0.1, 0.15) is 0 Å². The second-order valence-electron chi connectivity index (χ2n) is 4.26.